The highest BCUT2D eigenvalue weighted by atomic mass is 16.6. The number of phenolic OH excluding ortho intramolecular Hbond substituents is 4. The molecule has 122 valence electrons. The first-order valence-corrected chi connectivity index (χ1v) is 6.60. The molecule has 1 aliphatic rings. The van der Waals surface area contributed by atoms with E-state index in [0.717, 1.165) is 24.3 Å². The lowest BCUT2D eigenvalue weighted by molar-refractivity contribution is -0.252. The number of phenols is 4. The van der Waals surface area contributed by atoms with Crippen LogP contribution in [0.4, 0.5) is 0 Å². The zero-order chi connectivity index (χ0) is 16.9. The highest BCUT2D eigenvalue weighted by Crippen LogP contribution is 2.49. The zero-order valence-corrected chi connectivity index (χ0v) is 11.6. The molecule has 0 saturated carbocycles. The lowest BCUT2D eigenvalue weighted by atomic mass is 9.88. The van der Waals surface area contributed by atoms with Crippen LogP contribution in [-0.2, 0) is 5.79 Å². The fraction of sp³-hybridized carbons (Fsp3) is 0.200. The Morgan fingerprint density at radius 3 is 2.22 bits per heavy atom. The van der Waals surface area contributed by atoms with Crippen molar-refractivity contribution in [2.45, 2.75) is 18.0 Å². The monoisotopic (exact) mass is 322 g/mol. The maximum atomic E-state index is 10.6. The Hall–Kier alpha value is -2.68. The van der Waals surface area contributed by atoms with Crippen molar-refractivity contribution < 1.29 is 40.5 Å². The average Bonchev–Trinajstić information content (AvgIpc) is 2.46. The molecule has 0 fully saturated rings. The molecule has 0 saturated heterocycles. The van der Waals surface area contributed by atoms with E-state index in [2.05, 4.69) is 0 Å². The lowest BCUT2D eigenvalue weighted by Crippen LogP contribution is -2.50. The van der Waals surface area contributed by atoms with Crippen LogP contribution in [0.2, 0.25) is 0 Å². The standard InChI is InChI=1S/C15H14O8/c16-7-4-10(19)12-11(5-7)23-15(22,14(21)13(12)20)6-1-2-8(17)9(18)3-6/h1-5,13-14,16-22H/t13?,14-,15-/m1/s1. The van der Waals surface area contributed by atoms with E-state index in [1.807, 2.05) is 0 Å². The summed E-state index contributed by atoms with van der Waals surface area (Å²) in [5.41, 5.74) is -0.337. The van der Waals surface area contributed by atoms with Gasteiger partial charge in [-0.1, -0.05) is 0 Å². The molecule has 8 nitrogen and oxygen atoms in total. The summed E-state index contributed by atoms with van der Waals surface area (Å²) in [7, 11) is 0. The van der Waals surface area contributed by atoms with Gasteiger partial charge in [0, 0.05) is 17.7 Å². The number of rotatable bonds is 1. The molecule has 23 heavy (non-hydrogen) atoms. The van der Waals surface area contributed by atoms with E-state index in [0.29, 0.717) is 0 Å². The summed E-state index contributed by atoms with van der Waals surface area (Å²) >= 11 is 0. The van der Waals surface area contributed by atoms with Gasteiger partial charge >= 0.3 is 0 Å². The van der Waals surface area contributed by atoms with Crippen molar-refractivity contribution >= 4 is 0 Å². The van der Waals surface area contributed by atoms with Crippen LogP contribution in [0.5, 0.6) is 28.7 Å². The first-order chi connectivity index (χ1) is 10.7. The highest BCUT2D eigenvalue weighted by Gasteiger charge is 2.50. The zero-order valence-electron chi connectivity index (χ0n) is 11.6. The van der Waals surface area contributed by atoms with Crippen molar-refractivity contribution in [3.8, 4) is 28.7 Å². The Bertz CT molecular complexity index is 774. The third kappa shape index (κ3) is 2.20. The first-order valence-electron chi connectivity index (χ1n) is 6.60. The second-order valence-corrected chi connectivity index (χ2v) is 5.27. The van der Waals surface area contributed by atoms with E-state index in [9.17, 15) is 35.7 Å². The topological polar surface area (TPSA) is 151 Å². The van der Waals surface area contributed by atoms with E-state index >= 15 is 0 Å². The van der Waals surface area contributed by atoms with Gasteiger partial charge in [-0.05, 0) is 18.2 Å². The van der Waals surface area contributed by atoms with E-state index in [1.165, 1.54) is 6.07 Å². The first kappa shape index (κ1) is 15.2. The molecule has 0 spiro atoms. The van der Waals surface area contributed by atoms with Crippen molar-refractivity contribution in [1.82, 2.24) is 0 Å². The number of ether oxygens (including phenoxy) is 1. The van der Waals surface area contributed by atoms with Gasteiger partial charge in [-0.25, -0.2) is 0 Å². The molecule has 2 aromatic rings. The number of aromatic hydroxyl groups is 4. The molecule has 0 aliphatic carbocycles. The average molecular weight is 322 g/mol. The summed E-state index contributed by atoms with van der Waals surface area (Å²) in [5, 5.41) is 69.2. The predicted molar refractivity (Wildman–Crippen MR) is 75.0 cm³/mol. The van der Waals surface area contributed by atoms with Crippen LogP contribution in [0.25, 0.3) is 0 Å². The van der Waals surface area contributed by atoms with Gasteiger partial charge in [0.05, 0.1) is 5.56 Å². The summed E-state index contributed by atoms with van der Waals surface area (Å²) in [6.07, 6.45) is -3.63. The summed E-state index contributed by atoms with van der Waals surface area (Å²) in [5.74, 6) is -4.61. The van der Waals surface area contributed by atoms with Crippen LogP contribution in [-0.4, -0.2) is 41.8 Å². The van der Waals surface area contributed by atoms with Gasteiger partial charge in [0.15, 0.2) is 17.6 Å². The minimum absolute atomic E-state index is 0.146. The molecule has 0 aromatic heterocycles. The third-order valence-electron chi connectivity index (χ3n) is 3.76. The summed E-state index contributed by atoms with van der Waals surface area (Å²) in [6, 6.07) is 5.21. The van der Waals surface area contributed by atoms with Crippen LogP contribution >= 0.6 is 0 Å². The number of aliphatic hydroxyl groups excluding tert-OH is 2. The fourth-order valence-electron chi connectivity index (χ4n) is 2.56. The molecule has 8 heteroatoms. The third-order valence-corrected chi connectivity index (χ3v) is 3.76. The van der Waals surface area contributed by atoms with Crippen LogP contribution < -0.4 is 4.74 Å². The van der Waals surface area contributed by atoms with Crippen LogP contribution in [0.3, 0.4) is 0 Å². The summed E-state index contributed by atoms with van der Waals surface area (Å²) in [6.45, 7) is 0. The van der Waals surface area contributed by atoms with Gasteiger partial charge < -0.3 is 40.5 Å². The van der Waals surface area contributed by atoms with Crippen LogP contribution in [0, 0.1) is 0 Å². The number of hydrogen-bond donors (Lipinski definition) is 7. The number of fused-ring (bicyclic) bond motifs is 1. The molecule has 3 rings (SSSR count). The van der Waals surface area contributed by atoms with Crippen molar-refractivity contribution in [2.75, 3.05) is 0 Å². The molecular weight excluding hydrogens is 308 g/mol. The molecule has 0 radical (unpaired) electrons. The number of aliphatic hydroxyl groups is 3. The van der Waals surface area contributed by atoms with E-state index in [4.69, 9.17) is 4.74 Å². The van der Waals surface area contributed by atoms with Gasteiger partial charge in [-0.3, -0.25) is 0 Å². The number of hydrogen-bond acceptors (Lipinski definition) is 8. The van der Waals surface area contributed by atoms with Gasteiger partial charge in [0.1, 0.15) is 23.4 Å². The fourth-order valence-corrected chi connectivity index (χ4v) is 2.56. The van der Waals surface area contributed by atoms with Gasteiger partial charge in [0.25, 0.3) is 5.79 Å². The molecule has 0 bridgehead atoms. The van der Waals surface area contributed by atoms with Crippen LogP contribution in [0.1, 0.15) is 17.2 Å². The predicted octanol–water partition coefficient (Wildman–Crippen LogP) is 0.141. The van der Waals surface area contributed by atoms with Crippen molar-refractivity contribution in [3.63, 3.8) is 0 Å². The second kappa shape index (κ2) is 4.92. The van der Waals surface area contributed by atoms with E-state index in [-0.39, 0.29) is 22.6 Å². The lowest BCUT2D eigenvalue weighted by Gasteiger charge is -2.41. The Balaban J connectivity index is 2.15. The quantitative estimate of drug-likeness (QED) is 0.366. The molecule has 3 atom stereocenters. The van der Waals surface area contributed by atoms with Gasteiger partial charge in [-0.2, -0.15) is 0 Å². The second-order valence-electron chi connectivity index (χ2n) is 5.27. The largest absolute Gasteiger partial charge is 0.508 e. The summed E-state index contributed by atoms with van der Waals surface area (Å²) < 4.78 is 5.28. The SMILES string of the molecule is Oc1cc(O)c2c(c1)O[C@](O)(c1ccc(O)c(O)c1)[C@H](O)C2O. The maximum absolute atomic E-state index is 10.6. The van der Waals surface area contributed by atoms with E-state index in [1.54, 1.807) is 0 Å². The highest BCUT2D eigenvalue weighted by molar-refractivity contribution is 5.53. The molecule has 0 amide bonds. The molecule has 1 unspecified atom stereocenters. The van der Waals surface area contributed by atoms with Crippen molar-refractivity contribution in [3.05, 3.63) is 41.5 Å². The Morgan fingerprint density at radius 1 is 0.870 bits per heavy atom. The van der Waals surface area contributed by atoms with E-state index < -0.39 is 35.2 Å². The van der Waals surface area contributed by atoms with Crippen molar-refractivity contribution in [1.29, 1.82) is 0 Å². The summed E-state index contributed by atoms with van der Waals surface area (Å²) in [4.78, 5) is 0. The Labute approximate surface area is 129 Å². The van der Waals surface area contributed by atoms with Crippen molar-refractivity contribution in [2.24, 2.45) is 0 Å². The molecule has 1 aliphatic heterocycles. The Kier molecular flexibility index (Phi) is 3.25. The Morgan fingerprint density at radius 2 is 1.57 bits per heavy atom. The molecule has 2 aromatic carbocycles. The normalized spacial score (nSPS) is 26.4. The van der Waals surface area contributed by atoms with Gasteiger partial charge in [0.2, 0.25) is 0 Å². The molecular formula is C15H14O8. The minimum Gasteiger partial charge on any atom is -0.508 e. The molecule has 7 N–H and O–H groups in total. The maximum Gasteiger partial charge on any atom is 0.264 e. The minimum atomic E-state index is -2.47. The van der Waals surface area contributed by atoms with Crippen LogP contribution in [0.15, 0.2) is 30.3 Å². The van der Waals surface area contributed by atoms with Gasteiger partial charge in [-0.15, -0.1) is 0 Å². The smallest absolute Gasteiger partial charge is 0.264 e. The number of benzene rings is 2. The molecule has 1 heterocycles.